The lowest BCUT2D eigenvalue weighted by Gasteiger charge is -2.26. The Hall–Kier alpha value is -2.17. The minimum absolute atomic E-state index is 0.0547. The molecule has 6 rings (SSSR count). The second-order valence-corrected chi connectivity index (χ2v) is 15.5. The van der Waals surface area contributed by atoms with Gasteiger partial charge in [-0.3, -0.25) is 13.8 Å². The van der Waals surface area contributed by atoms with E-state index in [2.05, 4.69) is 70.0 Å². The molecule has 0 saturated heterocycles. The van der Waals surface area contributed by atoms with Crippen LogP contribution >= 0.6 is 24.1 Å². The molecule has 0 radical (unpaired) electrons. The van der Waals surface area contributed by atoms with E-state index in [0.717, 1.165) is 31.8 Å². The van der Waals surface area contributed by atoms with Crippen LogP contribution in [0.15, 0.2) is 36.4 Å². The molecule has 1 N–H and O–H groups in total. The highest BCUT2D eigenvalue weighted by molar-refractivity contribution is 7.98. The second-order valence-electron chi connectivity index (χ2n) is 12.8. The van der Waals surface area contributed by atoms with Gasteiger partial charge in [0, 0.05) is 59.7 Å². The summed E-state index contributed by atoms with van der Waals surface area (Å²) in [5.74, 6) is 1.88. The summed E-state index contributed by atoms with van der Waals surface area (Å²) in [7, 11) is 12.2. The van der Waals surface area contributed by atoms with Crippen LogP contribution in [-0.4, -0.2) is 84.2 Å². The number of fused-ring (bicyclic) bond motifs is 7. The quantitative estimate of drug-likeness (QED) is 0.261. The molecule has 2 heterocycles. The molecule has 9 heteroatoms. The summed E-state index contributed by atoms with van der Waals surface area (Å²) in [6.07, 6.45) is 7.50. The molecule has 7 nitrogen and oxygen atoms in total. The van der Waals surface area contributed by atoms with Gasteiger partial charge in [0.05, 0.1) is 17.6 Å². The van der Waals surface area contributed by atoms with Gasteiger partial charge < -0.3 is 14.2 Å². The van der Waals surface area contributed by atoms with Crippen molar-refractivity contribution in [1.29, 1.82) is 0 Å². The van der Waals surface area contributed by atoms with Crippen LogP contribution in [0.5, 0.6) is 5.75 Å². The molecule has 2 unspecified atom stereocenters. The molecule has 3 aromatic rings. The van der Waals surface area contributed by atoms with Crippen molar-refractivity contribution in [2.75, 3.05) is 55.4 Å². The fraction of sp³-hybridized carbons (Fsp3) is 0.545. The van der Waals surface area contributed by atoms with Crippen molar-refractivity contribution in [2.45, 2.75) is 61.7 Å². The highest BCUT2D eigenvalue weighted by Crippen LogP contribution is 2.66. The van der Waals surface area contributed by atoms with Gasteiger partial charge in [-0.15, -0.1) is 0 Å². The topological polar surface area (TPSA) is 53.0 Å². The van der Waals surface area contributed by atoms with E-state index >= 15 is 0 Å². The van der Waals surface area contributed by atoms with Crippen LogP contribution < -0.4 is 9.46 Å². The standard InChI is InChI=1S/C33H45N5O2S2/c1-35(2)16-17-37(5)41-33-20-28(33)27-19-24(40-6)13-15-25(27)31-30(22-10-8-7-9-11-22)26-14-12-23(18-29(26)38(31)21-33)32(39)34-42-36(3)4/h12-15,18-19,22,28H,7-11,16-17,20-21H2,1-6H3,(H,34,39). The third-order valence-corrected chi connectivity index (χ3v) is 11.3. The Bertz CT molecular complexity index is 1460. The number of nitrogens with one attached hydrogen (secondary N) is 1. The van der Waals surface area contributed by atoms with E-state index in [4.69, 9.17) is 4.74 Å². The Morgan fingerprint density at radius 1 is 1.05 bits per heavy atom. The van der Waals surface area contributed by atoms with E-state index in [0.29, 0.717) is 17.4 Å². The van der Waals surface area contributed by atoms with Gasteiger partial charge >= 0.3 is 0 Å². The van der Waals surface area contributed by atoms with Crippen molar-refractivity contribution in [3.05, 3.63) is 53.1 Å². The van der Waals surface area contributed by atoms with Crippen molar-refractivity contribution in [1.82, 2.24) is 22.8 Å². The number of amides is 1. The molecule has 42 heavy (non-hydrogen) atoms. The monoisotopic (exact) mass is 607 g/mol. The molecular formula is C33H45N5O2S2. The largest absolute Gasteiger partial charge is 0.497 e. The minimum Gasteiger partial charge on any atom is -0.497 e. The molecule has 1 aromatic heterocycles. The number of carbonyl (C=O) groups excluding carboxylic acids is 1. The zero-order valence-electron chi connectivity index (χ0n) is 25.9. The maximum absolute atomic E-state index is 13.2. The first kappa shape index (κ1) is 29.9. The van der Waals surface area contributed by atoms with Crippen LogP contribution in [0, 0.1) is 0 Å². The van der Waals surface area contributed by atoms with Crippen molar-refractivity contribution >= 4 is 40.9 Å². The molecule has 2 atom stereocenters. The first-order valence-electron chi connectivity index (χ1n) is 15.2. The molecular weight excluding hydrogens is 563 g/mol. The van der Waals surface area contributed by atoms with Gasteiger partial charge in [-0.25, -0.2) is 4.31 Å². The summed E-state index contributed by atoms with van der Waals surface area (Å²) in [5, 5.41) is 1.32. The van der Waals surface area contributed by atoms with Crippen molar-refractivity contribution in [3.8, 4) is 17.0 Å². The number of benzene rings is 2. The summed E-state index contributed by atoms with van der Waals surface area (Å²) < 4.78 is 15.8. The molecule has 3 aliphatic rings. The lowest BCUT2D eigenvalue weighted by Crippen LogP contribution is -2.28. The lowest BCUT2D eigenvalue weighted by molar-refractivity contribution is 0.0983. The first-order chi connectivity index (χ1) is 20.2. The zero-order chi connectivity index (χ0) is 29.6. The number of likely N-dealkylation sites (N-methyl/N-ethyl adjacent to an activating group) is 2. The smallest absolute Gasteiger partial charge is 0.262 e. The molecule has 226 valence electrons. The minimum atomic E-state index is -0.0547. The summed E-state index contributed by atoms with van der Waals surface area (Å²) >= 11 is 3.34. The number of ether oxygens (including phenoxy) is 1. The molecule has 2 aromatic carbocycles. The van der Waals surface area contributed by atoms with Gasteiger partial charge in [-0.1, -0.05) is 37.3 Å². The summed E-state index contributed by atoms with van der Waals surface area (Å²) in [6, 6.07) is 13.1. The van der Waals surface area contributed by atoms with Crippen molar-refractivity contribution in [2.24, 2.45) is 0 Å². The highest BCUT2D eigenvalue weighted by atomic mass is 32.2. The van der Waals surface area contributed by atoms with Crippen molar-refractivity contribution < 1.29 is 9.53 Å². The van der Waals surface area contributed by atoms with Crippen molar-refractivity contribution in [3.63, 3.8) is 0 Å². The molecule has 2 aliphatic carbocycles. The Balaban J connectivity index is 1.52. The predicted molar refractivity (Wildman–Crippen MR) is 177 cm³/mol. The molecule has 2 saturated carbocycles. The Labute approximate surface area is 259 Å². The van der Waals surface area contributed by atoms with Crippen LogP contribution in [-0.2, 0) is 6.54 Å². The van der Waals surface area contributed by atoms with Gasteiger partial charge in [0.25, 0.3) is 5.91 Å². The number of hydrogen-bond donors (Lipinski definition) is 1. The van der Waals surface area contributed by atoms with E-state index in [1.165, 1.54) is 77.5 Å². The van der Waals surface area contributed by atoms with Gasteiger partial charge in [0.1, 0.15) is 5.75 Å². The van der Waals surface area contributed by atoms with Crippen LogP contribution in [0.1, 0.15) is 71.8 Å². The fourth-order valence-corrected chi connectivity index (χ4v) is 8.95. The Morgan fingerprint density at radius 3 is 2.55 bits per heavy atom. The molecule has 1 amide bonds. The van der Waals surface area contributed by atoms with Gasteiger partial charge in [0.15, 0.2) is 0 Å². The van der Waals surface area contributed by atoms with Crippen LogP contribution in [0.3, 0.4) is 0 Å². The summed E-state index contributed by atoms with van der Waals surface area (Å²) in [5.41, 5.74) is 7.54. The van der Waals surface area contributed by atoms with Gasteiger partial charge in [-0.2, -0.15) is 0 Å². The maximum Gasteiger partial charge on any atom is 0.262 e. The van der Waals surface area contributed by atoms with E-state index in [9.17, 15) is 4.79 Å². The lowest BCUT2D eigenvalue weighted by atomic mass is 9.81. The molecule has 2 fully saturated rings. The number of methoxy groups -OCH3 is 1. The number of carbonyl (C=O) groups is 1. The predicted octanol–water partition coefficient (Wildman–Crippen LogP) is 6.60. The average molecular weight is 608 g/mol. The van der Waals surface area contributed by atoms with E-state index < -0.39 is 0 Å². The summed E-state index contributed by atoms with van der Waals surface area (Å²) in [6.45, 7) is 2.97. The number of aromatic nitrogens is 1. The molecule has 1 aliphatic heterocycles. The third kappa shape index (κ3) is 5.71. The number of nitrogens with zero attached hydrogens (tertiary/aromatic N) is 4. The Morgan fingerprint density at radius 2 is 1.83 bits per heavy atom. The van der Waals surface area contributed by atoms with Crippen LogP contribution in [0.2, 0.25) is 0 Å². The molecule has 0 bridgehead atoms. The van der Waals surface area contributed by atoms with Crippen LogP contribution in [0.25, 0.3) is 22.2 Å². The average Bonchev–Trinajstić information content (AvgIpc) is 3.61. The zero-order valence-corrected chi connectivity index (χ0v) is 27.5. The van der Waals surface area contributed by atoms with E-state index in [1.807, 2.05) is 36.4 Å². The fourth-order valence-electron chi connectivity index (χ4n) is 7.09. The van der Waals surface area contributed by atoms with E-state index in [1.54, 1.807) is 7.11 Å². The maximum atomic E-state index is 13.2. The van der Waals surface area contributed by atoms with Gasteiger partial charge in [0.2, 0.25) is 0 Å². The second kappa shape index (κ2) is 12.1. The highest BCUT2D eigenvalue weighted by Gasteiger charge is 2.59. The first-order valence-corrected chi connectivity index (χ1v) is 16.8. The van der Waals surface area contributed by atoms with E-state index in [-0.39, 0.29) is 10.7 Å². The van der Waals surface area contributed by atoms with Gasteiger partial charge in [-0.05, 0) is 102 Å². The Kier molecular flexibility index (Phi) is 8.59. The number of hydrogen-bond acceptors (Lipinski definition) is 7. The normalized spacial score (nSPS) is 21.8. The number of rotatable bonds is 10. The summed E-state index contributed by atoms with van der Waals surface area (Å²) in [4.78, 5) is 15.5. The molecule has 0 spiro atoms. The SMILES string of the molecule is COc1ccc2c(c1)C1CC1(SN(C)CCN(C)C)Cn1c-2c(C2CCCCC2)c2ccc(C(=O)NSN(C)C)cc21. The van der Waals surface area contributed by atoms with Crippen LogP contribution in [0.4, 0.5) is 0 Å². The third-order valence-electron chi connectivity index (χ3n) is 9.24.